The first-order valence-electron chi connectivity index (χ1n) is 8.83. The number of fused-ring (bicyclic) bond motifs is 1. The Hall–Kier alpha value is -3.48. The third-order valence-corrected chi connectivity index (χ3v) is 4.57. The first-order valence-corrected chi connectivity index (χ1v) is 8.83. The third kappa shape index (κ3) is 3.19. The fraction of sp³-hybridized carbons (Fsp3) is 0.200. The van der Waals surface area contributed by atoms with Gasteiger partial charge in [-0.2, -0.15) is 0 Å². The summed E-state index contributed by atoms with van der Waals surface area (Å²) < 4.78 is 3.64. The average Bonchev–Trinajstić information content (AvgIpc) is 3.33. The Morgan fingerprint density at radius 3 is 2.56 bits per heavy atom. The molecular formula is C20H20N6O. The van der Waals surface area contributed by atoms with Crippen molar-refractivity contribution in [1.29, 1.82) is 0 Å². The maximum atomic E-state index is 13.2. The topological polar surface area (TPSA) is 77.6 Å². The molecule has 2 aromatic carbocycles. The van der Waals surface area contributed by atoms with E-state index in [1.807, 2.05) is 54.7 Å². The Morgan fingerprint density at radius 1 is 1.04 bits per heavy atom. The summed E-state index contributed by atoms with van der Waals surface area (Å²) in [6, 6.07) is 17.1. The number of tetrazole rings is 1. The maximum absolute atomic E-state index is 13.2. The van der Waals surface area contributed by atoms with Gasteiger partial charge < -0.3 is 9.88 Å². The van der Waals surface area contributed by atoms with Gasteiger partial charge in [-0.15, -0.1) is 5.10 Å². The van der Waals surface area contributed by atoms with E-state index in [1.54, 1.807) is 0 Å². The van der Waals surface area contributed by atoms with E-state index in [2.05, 4.69) is 45.3 Å². The van der Waals surface area contributed by atoms with Gasteiger partial charge in [-0.25, -0.2) is 4.68 Å². The molecule has 0 radical (unpaired) electrons. The zero-order chi connectivity index (χ0) is 18.8. The molecule has 0 saturated heterocycles. The van der Waals surface area contributed by atoms with Crippen molar-refractivity contribution in [2.24, 2.45) is 0 Å². The Labute approximate surface area is 156 Å². The number of nitrogens with zero attached hydrogens (tertiary/aromatic N) is 5. The van der Waals surface area contributed by atoms with E-state index >= 15 is 0 Å². The van der Waals surface area contributed by atoms with Crippen molar-refractivity contribution in [3.8, 4) is 0 Å². The van der Waals surface area contributed by atoms with E-state index in [1.165, 1.54) is 11.0 Å². The molecule has 1 N–H and O–H groups in total. The molecule has 2 aromatic heterocycles. The molecule has 0 spiro atoms. The number of carbonyl (C=O) groups excluding carboxylic acids is 1. The minimum Gasteiger partial charge on any atom is -0.345 e. The van der Waals surface area contributed by atoms with Crippen LogP contribution in [0.25, 0.3) is 10.9 Å². The van der Waals surface area contributed by atoms with Crippen LogP contribution < -0.4 is 5.32 Å². The SMILES string of the molecule is CC(C)n1ccc2c(NC(=O)[C@@H](c3ccccc3)n3cnnn3)cccc21. The van der Waals surface area contributed by atoms with Gasteiger partial charge in [0.1, 0.15) is 6.33 Å². The molecule has 4 aromatic rings. The van der Waals surface area contributed by atoms with E-state index in [0.717, 1.165) is 22.2 Å². The molecule has 0 fully saturated rings. The highest BCUT2D eigenvalue weighted by molar-refractivity contribution is 6.03. The van der Waals surface area contributed by atoms with Crippen LogP contribution in [0.1, 0.15) is 31.5 Å². The molecule has 0 aliphatic rings. The van der Waals surface area contributed by atoms with E-state index in [0.29, 0.717) is 6.04 Å². The van der Waals surface area contributed by atoms with Gasteiger partial charge in [0, 0.05) is 17.6 Å². The van der Waals surface area contributed by atoms with Crippen molar-refractivity contribution >= 4 is 22.5 Å². The number of benzene rings is 2. The van der Waals surface area contributed by atoms with Gasteiger partial charge in [-0.1, -0.05) is 36.4 Å². The summed E-state index contributed by atoms with van der Waals surface area (Å²) in [6.07, 6.45) is 3.49. The van der Waals surface area contributed by atoms with Crippen LogP contribution in [0.15, 0.2) is 67.1 Å². The normalized spacial score (nSPS) is 12.4. The number of hydrogen-bond donors (Lipinski definition) is 1. The lowest BCUT2D eigenvalue weighted by atomic mass is 10.1. The highest BCUT2D eigenvalue weighted by atomic mass is 16.2. The van der Waals surface area contributed by atoms with Gasteiger partial charge >= 0.3 is 0 Å². The van der Waals surface area contributed by atoms with Crippen molar-refractivity contribution < 1.29 is 4.79 Å². The minimum atomic E-state index is -0.649. The molecule has 7 heteroatoms. The number of amides is 1. The summed E-state index contributed by atoms with van der Waals surface area (Å²) >= 11 is 0. The monoisotopic (exact) mass is 360 g/mol. The summed E-state index contributed by atoms with van der Waals surface area (Å²) in [5.41, 5.74) is 2.67. The zero-order valence-electron chi connectivity index (χ0n) is 15.1. The highest BCUT2D eigenvalue weighted by Gasteiger charge is 2.24. The lowest BCUT2D eigenvalue weighted by Crippen LogP contribution is -2.27. The second-order valence-corrected chi connectivity index (χ2v) is 6.65. The fourth-order valence-corrected chi connectivity index (χ4v) is 3.30. The number of anilines is 1. The molecule has 27 heavy (non-hydrogen) atoms. The number of carbonyl (C=O) groups is 1. The van der Waals surface area contributed by atoms with Crippen molar-refractivity contribution in [1.82, 2.24) is 24.8 Å². The van der Waals surface area contributed by atoms with Gasteiger partial charge in [0.2, 0.25) is 0 Å². The first kappa shape index (κ1) is 17.0. The Balaban J connectivity index is 1.71. The van der Waals surface area contributed by atoms with Crippen LogP contribution in [0.2, 0.25) is 0 Å². The maximum Gasteiger partial charge on any atom is 0.253 e. The van der Waals surface area contributed by atoms with E-state index < -0.39 is 6.04 Å². The summed E-state index contributed by atoms with van der Waals surface area (Å²) in [5.74, 6) is -0.196. The molecule has 1 atom stereocenters. The highest BCUT2D eigenvalue weighted by Crippen LogP contribution is 2.28. The molecule has 0 bridgehead atoms. The second kappa shape index (κ2) is 7.03. The molecule has 0 unspecified atom stereocenters. The van der Waals surface area contributed by atoms with Crippen molar-refractivity contribution in [3.63, 3.8) is 0 Å². The summed E-state index contributed by atoms with van der Waals surface area (Å²) in [7, 11) is 0. The lowest BCUT2D eigenvalue weighted by molar-refractivity contribution is -0.118. The van der Waals surface area contributed by atoms with Crippen LogP contribution in [-0.2, 0) is 4.79 Å². The number of nitrogens with one attached hydrogen (secondary N) is 1. The predicted octanol–water partition coefficient (Wildman–Crippen LogP) is 3.44. The lowest BCUT2D eigenvalue weighted by Gasteiger charge is -2.17. The molecule has 136 valence electrons. The van der Waals surface area contributed by atoms with E-state index in [9.17, 15) is 4.79 Å². The Morgan fingerprint density at radius 2 is 1.85 bits per heavy atom. The fourth-order valence-electron chi connectivity index (χ4n) is 3.30. The van der Waals surface area contributed by atoms with Gasteiger partial charge in [-0.05, 0) is 48.0 Å². The van der Waals surface area contributed by atoms with Crippen molar-refractivity contribution in [3.05, 3.63) is 72.7 Å². The largest absolute Gasteiger partial charge is 0.345 e. The van der Waals surface area contributed by atoms with Crippen molar-refractivity contribution in [2.75, 3.05) is 5.32 Å². The van der Waals surface area contributed by atoms with Crippen LogP contribution in [0.4, 0.5) is 5.69 Å². The van der Waals surface area contributed by atoms with Gasteiger partial charge in [-0.3, -0.25) is 4.79 Å². The van der Waals surface area contributed by atoms with Gasteiger partial charge in [0.25, 0.3) is 5.91 Å². The molecule has 0 aliphatic carbocycles. The Kier molecular flexibility index (Phi) is 4.42. The summed E-state index contributed by atoms with van der Waals surface area (Å²) in [5, 5.41) is 15.4. The molecule has 2 heterocycles. The zero-order valence-corrected chi connectivity index (χ0v) is 15.1. The smallest absolute Gasteiger partial charge is 0.253 e. The Bertz CT molecular complexity index is 1050. The second-order valence-electron chi connectivity index (χ2n) is 6.65. The van der Waals surface area contributed by atoms with E-state index in [-0.39, 0.29) is 5.91 Å². The van der Waals surface area contributed by atoms with E-state index in [4.69, 9.17) is 0 Å². The minimum absolute atomic E-state index is 0.196. The predicted molar refractivity (Wildman–Crippen MR) is 103 cm³/mol. The van der Waals surface area contributed by atoms with Crippen LogP contribution in [-0.4, -0.2) is 30.7 Å². The van der Waals surface area contributed by atoms with Crippen LogP contribution in [0.3, 0.4) is 0 Å². The van der Waals surface area contributed by atoms with Crippen LogP contribution in [0, 0.1) is 0 Å². The molecule has 0 saturated carbocycles. The number of rotatable bonds is 5. The molecular weight excluding hydrogens is 340 g/mol. The van der Waals surface area contributed by atoms with Crippen LogP contribution >= 0.6 is 0 Å². The van der Waals surface area contributed by atoms with Crippen LogP contribution in [0.5, 0.6) is 0 Å². The number of aromatic nitrogens is 5. The molecule has 1 amide bonds. The standard InChI is InChI=1S/C20H20N6O/c1-14(2)25-12-11-16-17(9-6-10-18(16)25)22-20(27)19(26-13-21-23-24-26)15-7-4-3-5-8-15/h3-14,19H,1-2H3,(H,22,27)/t19-/m1/s1. The molecule has 4 rings (SSSR count). The van der Waals surface area contributed by atoms with Gasteiger partial charge in [0.15, 0.2) is 6.04 Å². The first-order chi connectivity index (χ1) is 13.1. The average molecular weight is 360 g/mol. The third-order valence-electron chi connectivity index (χ3n) is 4.57. The van der Waals surface area contributed by atoms with Crippen molar-refractivity contribution in [2.45, 2.75) is 25.9 Å². The molecule has 0 aliphatic heterocycles. The molecule has 7 nitrogen and oxygen atoms in total. The number of hydrogen-bond acceptors (Lipinski definition) is 4. The summed E-state index contributed by atoms with van der Waals surface area (Å²) in [4.78, 5) is 13.2. The summed E-state index contributed by atoms with van der Waals surface area (Å²) in [6.45, 7) is 4.27. The quantitative estimate of drug-likeness (QED) is 0.591. The van der Waals surface area contributed by atoms with Gasteiger partial charge in [0.05, 0.1) is 11.2 Å².